The molecule has 1 atom stereocenters. The Hall–Kier alpha value is -2.88. The SMILES string of the molecule is NC(=S)c1cccc(-c2cn(CC(CF)CF)c3cc(NC(O)CCc4nccs4)ccc23)c1. The zero-order valence-corrected chi connectivity index (χ0v) is 20.1. The van der Waals surface area contributed by atoms with Gasteiger partial charge in [-0.25, -0.2) is 4.98 Å². The van der Waals surface area contributed by atoms with Gasteiger partial charge in [0.25, 0.3) is 0 Å². The second-order valence-corrected chi connectivity index (χ2v) is 9.59. The zero-order chi connectivity index (χ0) is 24.1. The zero-order valence-electron chi connectivity index (χ0n) is 18.5. The molecule has 2 aromatic carbocycles. The number of thiocarbonyl (C=S) groups is 1. The average Bonchev–Trinajstić information content (AvgIpc) is 3.49. The van der Waals surface area contributed by atoms with Crippen LogP contribution in [0.15, 0.2) is 60.2 Å². The molecule has 0 aliphatic carbocycles. The molecular weight excluding hydrogens is 474 g/mol. The number of hydrogen-bond donors (Lipinski definition) is 3. The minimum absolute atomic E-state index is 0.203. The fourth-order valence-corrected chi connectivity index (χ4v) is 4.68. The van der Waals surface area contributed by atoms with Gasteiger partial charge in [-0.05, 0) is 30.2 Å². The lowest BCUT2D eigenvalue weighted by atomic mass is 10.0. The van der Waals surface area contributed by atoms with Crippen molar-refractivity contribution < 1.29 is 13.9 Å². The van der Waals surface area contributed by atoms with E-state index in [0.717, 1.165) is 38.3 Å². The number of hydrogen-bond acceptors (Lipinski definition) is 5. The Morgan fingerprint density at radius 2 is 2.03 bits per heavy atom. The van der Waals surface area contributed by atoms with E-state index in [0.29, 0.717) is 17.8 Å². The van der Waals surface area contributed by atoms with Crippen molar-refractivity contribution in [2.24, 2.45) is 11.7 Å². The Morgan fingerprint density at radius 3 is 2.74 bits per heavy atom. The summed E-state index contributed by atoms with van der Waals surface area (Å²) in [7, 11) is 0. The van der Waals surface area contributed by atoms with E-state index in [1.165, 1.54) is 0 Å². The molecule has 9 heteroatoms. The summed E-state index contributed by atoms with van der Waals surface area (Å²) in [5.74, 6) is -0.730. The molecule has 0 spiro atoms. The highest BCUT2D eigenvalue weighted by atomic mass is 32.1. The number of aliphatic hydroxyl groups is 1. The summed E-state index contributed by atoms with van der Waals surface area (Å²) in [6.07, 6.45) is 4.08. The Labute approximate surface area is 206 Å². The summed E-state index contributed by atoms with van der Waals surface area (Å²) in [6.45, 7) is -1.28. The molecule has 0 aliphatic rings. The van der Waals surface area contributed by atoms with Crippen LogP contribution in [0.5, 0.6) is 0 Å². The number of fused-ring (bicyclic) bond motifs is 1. The summed E-state index contributed by atoms with van der Waals surface area (Å²) < 4.78 is 28.5. The minimum Gasteiger partial charge on any atom is -0.389 e. The van der Waals surface area contributed by atoms with Crippen LogP contribution in [-0.2, 0) is 13.0 Å². The molecule has 0 amide bonds. The van der Waals surface area contributed by atoms with Gasteiger partial charge < -0.3 is 20.7 Å². The van der Waals surface area contributed by atoms with Crippen LogP contribution in [0, 0.1) is 5.92 Å². The molecule has 4 rings (SSSR count). The molecule has 0 fully saturated rings. The van der Waals surface area contributed by atoms with Crippen LogP contribution in [0.3, 0.4) is 0 Å². The van der Waals surface area contributed by atoms with Crippen LogP contribution in [0.4, 0.5) is 14.5 Å². The lowest BCUT2D eigenvalue weighted by molar-refractivity contribution is 0.193. The smallest absolute Gasteiger partial charge is 0.124 e. The quantitative estimate of drug-likeness (QED) is 0.192. The van der Waals surface area contributed by atoms with Crippen LogP contribution in [-0.4, -0.2) is 39.2 Å². The molecular formula is C25H26F2N4OS2. The van der Waals surface area contributed by atoms with Crippen molar-refractivity contribution in [2.45, 2.75) is 25.6 Å². The number of nitrogens with two attached hydrogens (primary N) is 1. The van der Waals surface area contributed by atoms with E-state index < -0.39 is 25.5 Å². The molecule has 1 unspecified atom stereocenters. The van der Waals surface area contributed by atoms with Crippen molar-refractivity contribution in [3.8, 4) is 11.1 Å². The summed E-state index contributed by atoms with van der Waals surface area (Å²) in [5, 5.41) is 17.4. The molecule has 5 nitrogen and oxygen atoms in total. The van der Waals surface area contributed by atoms with E-state index in [4.69, 9.17) is 18.0 Å². The number of anilines is 1. The molecule has 0 saturated carbocycles. The summed E-state index contributed by atoms with van der Waals surface area (Å²) in [4.78, 5) is 4.54. The van der Waals surface area contributed by atoms with Gasteiger partial charge in [-0.2, -0.15) is 0 Å². The van der Waals surface area contributed by atoms with Crippen molar-refractivity contribution in [3.63, 3.8) is 0 Å². The first-order valence-corrected chi connectivity index (χ1v) is 12.2. The van der Waals surface area contributed by atoms with Gasteiger partial charge >= 0.3 is 0 Å². The van der Waals surface area contributed by atoms with Gasteiger partial charge in [0.2, 0.25) is 0 Å². The molecule has 34 heavy (non-hydrogen) atoms. The highest BCUT2D eigenvalue weighted by molar-refractivity contribution is 7.80. The van der Waals surface area contributed by atoms with Crippen LogP contribution < -0.4 is 11.1 Å². The fraction of sp³-hybridized carbons (Fsp3) is 0.280. The Kier molecular flexibility index (Phi) is 7.87. The van der Waals surface area contributed by atoms with Crippen LogP contribution >= 0.6 is 23.6 Å². The number of alkyl halides is 2. The lowest BCUT2D eigenvalue weighted by Gasteiger charge is -2.15. The second kappa shape index (κ2) is 11.0. The third kappa shape index (κ3) is 5.60. The normalized spacial score (nSPS) is 12.4. The highest BCUT2D eigenvalue weighted by Crippen LogP contribution is 2.33. The van der Waals surface area contributed by atoms with E-state index in [1.54, 1.807) is 17.5 Å². The first-order chi connectivity index (χ1) is 16.5. The van der Waals surface area contributed by atoms with E-state index in [1.807, 2.05) is 58.6 Å². The topological polar surface area (TPSA) is 76.1 Å². The van der Waals surface area contributed by atoms with Crippen LogP contribution in [0.1, 0.15) is 17.0 Å². The third-order valence-electron chi connectivity index (χ3n) is 5.68. The van der Waals surface area contributed by atoms with E-state index in [9.17, 15) is 13.9 Å². The van der Waals surface area contributed by atoms with E-state index in [2.05, 4.69) is 10.3 Å². The Balaban J connectivity index is 1.66. The molecule has 0 aliphatic heterocycles. The van der Waals surface area contributed by atoms with Gasteiger partial charge in [0.05, 0.1) is 23.9 Å². The van der Waals surface area contributed by atoms with Crippen molar-refractivity contribution >= 4 is 45.1 Å². The van der Waals surface area contributed by atoms with E-state index in [-0.39, 0.29) is 6.54 Å². The third-order valence-corrected chi connectivity index (χ3v) is 6.76. The van der Waals surface area contributed by atoms with Crippen molar-refractivity contribution in [1.82, 2.24) is 9.55 Å². The largest absolute Gasteiger partial charge is 0.389 e. The number of rotatable bonds is 11. The molecule has 178 valence electrons. The number of nitrogens with zero attached hydrogens (tertiary/aromatic N) is 2. The van der Waals surface area contributed by atoms with Gasteiger partial charge in [0.1, 0.15) is 11.2 Å². The van der Waals surface area contributed by atoms with Gasteiger partial charge in [-0.1, -0.05) is 36.5 Å². The van der Waals surface area contributed by atoms with Gasteiger partial charge in [0, 0.05) is 58.9 Å². The predicted molar refractivity (Wildman–Crippen MR) is 139 cm³/mol. The number of thiazole rings is 1. The maximum Gasteiger partial charge on any atom is 0.124 e. The van der Waals surface area contributed by atoms with Crippen molar-refractivity contribution in [3.05, 3.63) is 70.8 Å². The molecule has 0 radical (unpaired) electrons. The van der Waals surface area contributed by atoms with Gasteiger partial charge in [-0.15, -0.1) is 11.3 Å². The van der Waals surface area contributed by atoms with Crippen LogP contribution in [0.2, 0.25) is 0 Å². The monoisotopic (exact) mass is 500 g/mol. The van der Waals surface area contributed by atoms with Crippen molar-refractivity contribution in [1.29, 1.82) is 0 Å². The number of aryl methyl sites for hydroxylation is 1. The first-order valence-electron chi connectivity index (χ1n) is 11.0. The van der Waals surface area contributed by atoms with Crippen molar-refractivity contribution in [2.75, 3.05) is 18.7 Å². The standard InChI is InChI=1S/C25H26F2N4OS2/c26-12-16(13-27)14-31-15-21(17-2-1-3-18(10-17)25(28)33)20-5-4-19(11-22(20)31)30-23(32)6-7-24-29-8-9-34-24/h1-5,8-11,15-16,23,30,32H,6-7,12-14H2,(H2,28,33). The molecule has 0 bridgehead atoms. The van der Waals surface area contributed by atoms with Crippen LogP contribution in [0.25, 0.3) is 22.0 Å². The predicted octanol–water partition coefficient (Wildman–Crippen LogP) is 5.32. The molecule has 4 aromatic rings. The summed E-state index contributed by atoms with van der Waals surface area (Å²) in [6, 6.07) is 13.3. The molecule has 4 N–H and O–H groups in total. The van der Waals surface area contributed by atoms with E-state index >= 15 is 0 Å². The Morgan fingerprint density at radius 1 is 1.21 bits per heavy atom. The molecule has 2 aromatic heterocycles. The highest BCUT2D eigenvalue weighted by Gasteiger charge is 2.16. The lowest BCUT2D eigenvalue weighted by Crippen LogP contribution is -2.19. The number of nitrogens with one attached hydrogen (secondary N) is 1. The van der Waals surface area contributed by atoms with Gasteiger partial charge in [0.15, 0.2) is 0 Å². The first kappa shape index (κ1) is 24.3. The molecule has 2 heterocycles. The average molecular weight is 501 g/mol. The second-order valence-electron chi connectivity index (χ2n) is 8.17. The number of benzene rings is 2. The minimum atomic E-state index is -0.754. The fourth-order valence-electron chi connectivity index (χ4n) is 3.92. The number of aromatic nitrogens is 2. The number of aliphatic hydroxyl groups excluding tert-OH is 1. The molecule has 0 saturated heterocycles. The summed E-state index contributed by atoms with van der Waals surface area (Å²) >= 11 is 6.68. The maximum absolute atomic E-state index is 13.3. The Bertz CT molecular complexity index is 1260. The summed E-state index contributed by atoms with van der Waals surface area (Å²) in [5.41, 5.74) is 9.93. The number of halogens is 2. The maximum atomic E-state index is 13.3. The van der Waals surface area contributed by atoms with Gasteiger partial charge in [-0.3, -0.25) is 8.78 Å².